The molecular weight excluding hydrogens is 240 g/mol. The fourth-order valence-electron chi connectivity index (χ4n) is 2.32. The molecule has 2 rings (SSSR count). The monoisotopic (exact) mass is 256 g/mol. The van der Waals surface area contributed by atoms with Gasteiger partial charge in [-0.25, -0.2) is 9.97 Å². The summed E-state index contributed by atoms with van der Waals surface area (Å²) in [6.45, 7) is 0. The van der Waals surface area contributed by atoms with Crippen LogP contribution in [0.3, 0.4) is 0 Å². The van der Waals surface area contributed by atoms with Gasteiger partial charge in [-0.1, -0.05) is 24.4 Å². The lowest BCUT2D eigenvalue weighted by Crippen LogP contribution is -2.44. The van der Waals surface area contributed by atoms with E-state index >= 15 is 0 Å². The SMILES string of the molecule is CN(c1ncnc(N)c1Cl)[C@@H]1CCCC[C@H]1O. The molecule has 1 aliphatic rings. The summed E-state index contributed by atoms with van der Waals surface area (Å²) in [4.78, 5) is 9.88. The van der Waals surface area contributed by atoms with Gasteiger partial charge in [-0.15, -0.1) is 0 Å². The summed E-state index contributed by atoms with van der Waals surface area (Å²) < 4.78 is 0. The summed E-state index contributed by atoms with van der Waals surface area (Å²) in [5.74, 6) is 0.860. The van der Waals surface area contributed by atoms with E-state index in [4.69, 9.17) is 17.3 Å². The van der Waals surface area contributed by atoms with Crippen molar-refractivity contribution in [3.05, 3.63) is 11.3 Å². The number of halogens is 1. The molecule has 0 radical (unpaired) electrons. The second-order valence-corrected chi connectivity index (χ2v) is 4.80. The van der Waals surface area contributed by atoms with Crippen molar-refractivity contribution in [3.63, 3.8) is 0 Å². The average Bonchev–Trinajstić information content (AvgIpc) is 2.32. The highest BCUT2D eigenvalue weighted by Crippen LogP contribution is 2.31. The van der Waals surface area contributed by atoms with Crippen molar-refractivity contribution < 1.29 is 5.11 Å². The van der Waals surface area contributed by atoms with Crippen LogP contribution in [0.1, 0.15) is 25.7 Å². The van der Waals surface area contributed by atoms with Crippen LogP contribution in [0.5, 0.6) is 0 Å². The number of nitrogens with zero attached hydrogens (tertiary/aromatic N) is 3. The average molecular weight is 257 g/mol. The summed E-state index contributed by atoms with van der Waals surface area (Å²) in [6, 6.07) is 0.0514. The molecule has 94 valence electrons. The van der Waals surface area contributed by atoms with Crippen molar-refractivity contribution >= 4 is 23.2 Å². The number of aliphatic hydroxyl groups is 1. The molecule has 0 spiro atoms. The van der Waals surface area contributed by atoms with Gasteiger partial charge in [0.2, 0.25) is 0 Å². The zero-order valence-corrected chi connectivity index (χ0v) is 10.6. The second kappa shape index (κ2) is 5.06. The van der Waals surface area contributed by atoms with E-state index in [1.54, 1.807) is 0 Å². The summed E-state index contributed by atoms with van der Waals surface area (Å²) in [5.41, 5.74) is 5.65. The molecule has 0 amide bonds. The van der Waals surface area contributed by atoms with Gasteiger partial charge < -0.3 is 15.7 Å². The fraction of sp³-hybridized carbons (Fsp3) is 0.636. The number of nitrogen functional groups attached to an aromatic ring is 1. The van der Waals surface area contributed by atoms with Gasteiger partial charge in [-0.3, -0.25) is 0 Å². The van der Waals surface area contributed by atoms with Crippen LogP contribution in [0.2, 0.25) is 5.02 Å². The number of nitrogens with two attached hydrogens (primary N) is 1. The molecule has 0 bridgehead atoms. The highest BCUT2D eigenvalue weighted by atomic mass is 35.5. The van der Waals surface area contributed by atoms with E-state index in [2.05, 4.69) is 9.97 Å². The predicted molar refractivity (Wildman–Crippen MR) is 68.1 cm³/mol. The van der Waals surface area contributed by atoms with E-state index < -0.39 is 0 Å². The van der Waals surface area contributed by atoms with Crippen LogP contribution in [0.25, 0.3) is 0 Å². The Kier molecular flexibility index (Phi) is 3.69. The van der Waals surface area contributed by atoms with Gasteiger partial charge in [-0.05, 0) is 12.8 Å². The largest absolute Gasteiger partial charge is 0.391 e. The number of anilines is 2. The lowest BCUT2D eigenvalue weighted by Gasteiger charge is -2.36. The maximum absolute atomic E-state index is 10.0. The molecule has 17 heavy (non-hydrogen) atoms. The number of likely N-dealkylation sites (N-methyl/N-ethyl adjacent to an activating group) is 1. The molecule has 3 N–H and O–H groups in total. The van der Waals surface area contributed by atoms with Crippen molar-refractivity contribution in [2.75, 3.05) is 17.7 Å². The van der Waals surface area contributed by atoms with Crippen LogP contribution in [0, 0.1) is 0 Å². The third-order valence-corrected chi connectivity index (χ3v) is 3.69. The van der Waals surface area contributed by atoms with Gasteiger partial charge in [-0.2, -0.15) is 0 Å². The Bertz CT molecular complexity index is 401. The minimum atomic E-state index is -0.332. The van der Waals surface area contributed by atoms with Gasteiger partial charge in [0, 0.05) is 7.05 Å². The number of hydrogen-bond acceptors (Lipinski definition) is 5. The molecule has 6 heteroatoms. The van der Waals surface area contributed by atoms with Crippen LogP contribution >= 0.6 is 11.6 Å². The summed E-state index contributed by atoms with van der Waals surface area (Å²) >= 11 is 6.08. The summed E-state index contributed by atoms with van der Waals surface area (Å²) in [5, 5.41) is 10.4. The number of aromatic nitrogens is 2. The van der Waals surface area contributed by atoms with Gasteiger partial charge >= 0.3 is 0 Å². The molecule has 1 aromatic rings. The first-order valence-electron chi connectivity index (χ1n) is 5.78. The Labute approximate surface area is 106 Å². The van der Waals surface area contributed by atoms with E-state index in [9.17, 15) is 5.11 Å². The van der Waals surface area contributed by atoms with Crippen molar-refractivity contribution in [2.24, 2.45) is 0 Å². The quantitative estimate of drug-likeness (QED) is 0.838. The van der Waals surface area contributed by atoms with E-state index in [0.29, 0.717) is 10.8 Å². The third-order valence-electron chi connectivity index (χ3n) is 3.32. The molecule has 0 aromatic carbocycles. The van der Waals surface area contributed by atoms with E-state index in [1.165, 1.54) is 6.33 Å². The maximum Gasteiger partial charge on any atom is 0.153 e. The van der Waals surface area contributed by atoms with Crippen LogP contribution in [-0.2, 0) is 0 Å². The predicted octanol–water partition coefficient (Wildman–Crippen LogP) is 1.45. The normalized spacial score (nSPS) is 24.6. The van der Waals surface area contributed by atoms with Gasteiger partial charge in [0.25, 0.3) is 0 Å². The maximum atomic E-state index is 10.0. The Morgan fingerprint density at radius 2 is 2.12 bits per heavy atom. The lowest BCUT2D eigenvalue weighted by atomic mass is 9.91. The van der Waals surface area contributed by atoms with Crippen LogP contribution < -0.4 is 10.6 Å². The topological polar surface area (TPSA) is 75.3 Å². The number of rotatable bonds is 2. The van der Waals surface area contributed by atoms with E-state index in [1.807, 2.05) is 11.9 Å². The molecule has 1 saturated carbocycles. The first kappa shape index (κ1) is 12.4. The highest BCUT2D eigenvalue weighted by molar-refractivity contribution is 6.35. The smallest absolute Gasteiger partial charge is 0.153 e. The zero-order valence-electron chi connectivity index (χ0n) is 9.80. The lowest BCUT2D eigenvalue weighted by molar-refractivity contribution is 0.106. The molecule has 1 aliphatic carbocycles. The highest BCUT2D eigenvalue weighted by Gasteiger charge is 2.28. The molecular formula is C11H17ClN4O. The van der Waals surface area contributed by atoms with Crippen molar-refractivity contribution in [3.8, 4) is 0 Å². The number of hydrogen-bond donors (Lipinski definition) is 2. The van der Waals surface area contributed by atoms with Crippen LogP contribution in [0.4, 0.5) is 11.6 Å². The standard InChI is InChI=1S/C11H17ClN4O/c1-16(7-4-2-3-5-8(7)17)11-9(12)10(13)14-6-15-11/h6-8,17H,2-5H2,1H3,(H2,13,14,15)/t7-,8-/m1/s1. The molecule has 0 saturated heterocycles. The van der Waals surface area contributed by atoms with Crippen molar-refractivity contribution in [1.29, 1.82) is 0 Å². The molecule has 0 unspecified atom stereocenters. The van der Waals surface area contributed by atoms with Gasteiger partial charge in [0.1, 0.15) is 17.2 Å². The van der Waals surface area contributed by atoms with Gasteiger partial charge in [0.05, 0.1) is 12.1 Å². The fourth-order valence-corrected chi connectivity index (χ4v) is 2.55. The molecule has 1 aromatic heterocycles. The second-order valence-electron chi connectivity index (χ2n) is 4.43. The molecule has 2 atom stereocenters. The number of aliphatic hydroxyl groups excluding tert-OH is 1. The van der Waals surface area contributed by atoms with Crippen LogP contribution in [-0.4, -0.2) is 34.3 Å². The van der Waals surface area contributed by atoms with Crippen molar-refractivity contribution in [2.45, 2.75) is 37.8 Å². The first-order valence-corrected chi connectivity index (χ1v) is 6.16. The van der Waals surface area contributed by atoms with Gasteiger partial charge in [0.15, 0.2) is 5.82 Å². The summed E-state index contributed by atoms with van der Waals surface area (Å²) in [6.07, 6.45) is 5.02. The molecule has 1 heterocycles. The molecule has 0 aliphatic heterocycles. The van der Waals surface area contributed by atoms with E-state index in [-0.39, 0.29) is 18.0 Å². The van der Waals surface area contributed by atoms with Crippen molar-refractivity contribution in [1.82, 2.24) is 9.97 Å². The molecule has 5 nitrogen and oxygen atoms in total. The Hall–Kier alpha value is -1.07. The Morgan fingerprint density at radius 1 is 1.41 bits per heavy atom. The Balaban J connectivity index is 2.23. The Morgan fingerprint density at radius 3 is 2.82 bits per heavy atom. The first-order chi connectivity index (χ1) is 8.11. The minimum absolute atomic E-state index is 0.0514. The minimum Gasteiger partial charge on any atom is -0.391 e. The summed E-state index contributed by atoms with van der Waals surface area (Å²) in [7, 11) is 1.88. The molecule has 1 fully saturated rings. The zero-order chi connectivity index (χ0) is 12.4. The third kappa shape index (κ3) is 2.45. The van der Waals surface area contributed by atoms with E-state index in [0.717, 1.165) is 25.7 Å². The van der Waals surface area contributed by atoms with Crippen LogP contribution in [0.15, 0.2) is 6.33 Å².